The normalized spacial score (nSPS) is 9.50. The second-order valence-corrected chi connectivity index (χ2v) is 3.01. The number of hydrogen-bond acceptors (Lipinski definition) is 2. The summed E-state index contributed by atoms with van der Waals surface area (Å²) in [5, 5.41) is 11.5. The van der Waals surface area contributed by atoms with Crippen LogP contribution < -0.4 is 5.32 Å². The molecule has 0 aliphatic carbocycles. The van der Waals surface area contributed by atoms with Crippen LogP contribution in [0, 0.1) is 0 Å². The van der Waals surface area contributed by atoms with Crippen LogP contribution in [0.25, 0.3) is 10.9 Å². The number of anilines is 1. The van der Waals surface area contributed by atoms with Crippen molar-refractivity contribution in [3.63, 3.8) is 0 Å². The number of carbonyl (C=O) groups is 2. The molecular weight excluding hydrogens is 232 g/mol. The van der Waals surface area contributed by atoms with Crippen molar-refractivity contribution in [2.24, 2.45) is 0 Å². The molecule has 0 bridgehead atoms. The maximum absolute atomic E-state index is 10.9. The third-order valence-corrected chi connectivity index (χ3v) is 2.03. The average Bonchev–Trinajstić information content (AvgIpc) is 2.62. The summed E-state index contributed by atoms with van der Waals surface area (Å²) in [5.41, 5.74) is 1.32. The lowest BCUT2D eigenvalue weighted by atomic mass is 10.2. The van der Waals surface area contributed by atoms with Gasteiger partial charge in [0.05, 0.1) is 5.69 Å². The molecule has 0 fully saturated rings. The summed E-state index contributed by atoms with van der Waals surface area (Å²) >= 11 is 0. The van der Waals surface area contributed by atoms with Gasteiger partial charge in [-0.15, -0.1) is 12.4 Å². The van der Waals surface area contributed by atoms with Crippen LogP contribution in [-0.2, 0) is 9.59 Å². The third kappa shape index (κ3) is 2.14. The van der Waals surface area contributed by atoms with E-state index in [2.05, 4.69) is 10.3 Å². The Morgan fingerprint density at radius 3 is 2.62 bits per heavy atom. The fraction of sp³-hybridized carbons (Fsp3) is 0. The number of benzene rings is 1. The van der Waals surface area contributed by atoms with Gasteiger partial charge in [0.15, 0.2) is 0 Å². The zero-order chi connectivity index (χ0) is 10.8. The molecule has 84 valence electrons. The maximum atomic E-state index is 10.9. The Labute approximate surface area is 96.9 Å². The van der Waals surface area contributed by atoms with Crippen molar-refractivity contribution in [2.75, 3.05) is 5.32 Å². The first kappa shape index (κ1) is 12.1. The lowest BCUT2D eigenvalue weighted by Gasteiger charge is -1.98. The molecule has 2 rings (SSSR count). The number of aliphatic carboxylic acids is 1. The Morgan fingerprint density at radius 1 is 1.25 bits per heavy atom. The summed E-state index contributed by atoms with van der Waals surface area (Å²) in [6.45, 7) is 0. The fourth-order valence-electron chi connectivity index (χ4n) is 1.35. The van der Waals surface area contributed by atoms with Crippen molar-refractivity contribution in [1.82, 2.24) is 4.98 Å². The van der Waals surface area contributed by atoms with E-state index in [1.54, 1.807) is 12.3 Å². The summed E-state index contributed by atoms with van der Waals surface area (Å²) < 4.78 is 0. The van der Waals surface area contributed by atoms with Gasteiger partial charge in [-0.1, -0.05) is 18.2 Å². The van der Waals surface area contributed by atoms with E-state index in [1.807, 2.05) is 18.2 Å². The molecule has 16 heavy (non-hydrogen) atoms. The highest BCUT2D eigenvalue weighted by atomic mass is 35.5. The van der Waals surface area contributed by atoms with Gasteiger partial charge in [-0.05, 0) is 6.07 Å². The van der Waals surface area contributed by atoms with E-state index >= 15 is 0 Å². The van der Waals surface area contributed by atoms with E-state index in [-0.39, 0.29) is 12.4 Å². The van der Waals surface area contributed by atoms with Gasteiger partial charge in [0.2, 0.25) is 0 Å². The number of amides is 1. The zero-order valence-corrected chi connectivity index (χ0v) is 8.88. The minimum atomic E-state index is -1.50. The molecule has 1 amide bonds. The van der Waals surface area contributed by atoms with Crippen LogP contribution in [0.1, 0.15) is 0 Å². The lowest BCUT2D eigenvalue weighted by Crippen LogP contribution is -2.21. The van der Waals surface area contributed by atoms with E-state index in [0.29, 0.717) is 5.69 Å². The van der Waals surface area contributed by atoms with Crippen LogP contribution >= 0.6 is 12.4 Å². The van der Waals surface area contributed by atoms with Crippen molar-refractivity contribution in [3.05, 3.63) is 30.5 Å². The second kappa shape index (κ2) is 4.67. The van der Waals surface area contributed by atoms with E-state index in [0.717, 1.165) is 10.9 Å². The summed E-state index contributed by atoms with van der Waals surface area (Å²) in [6, 6.07) is 7.29. The number of nitrogens with one attached hydrogen (secondary N) is 2. The van der Waals surface area contributed by atoms with Crippen LogP contribution in [0.4, 0.5) is 5.69 Å². The minimum Gasteiger partial charge on any atom is -0.474 e. The first-order valence-electron chi connectivity index (χ1n) is 4.29. The van der Waals surface area contributed by atoms with Gasteiger partial charge in [-0.25, -0.2) is 4.79 Å². The first-order valence-corrected chi connectivity index (χ1v) is 4.29. The summed E-state index contributed by atoms with van der Waals surface area (Å²) in [6.07, 6.45) is 1.56. The minimum absolute atomic E-state index is 0. The topological polar surface area (TPSA) is 82.2 Å². The largest absolute Gasteiger partial charge is 0.474 e. The molecule has 1 heterocycles. The number of H-pyrrole nitrogens is 1. The van der Waals surface area contributed by atoms with E-state index in [4.69, 9.17) is 5.11 Å². The highest BCUT2D eigenvalue weighted by Crippen LogP contribution is 2.22. The van der Waals surface area contributed by atoms with Gasteiger partial charge in [-0.3, -0.25) is 4.79 Å². The van der Waals surface area contributed by atoms with Crippen LogP contribution in [0.3, 0.4) is 0 Å². The first-order chi connectivity index (χ1) is 7.18. The van der Waals surface area contributed by atoms with Crippen molar-refractivity contribution >= 4 is 40.9 Å². The van der Waals surface area contributed by atoms with E-state index in [9.17, 15) is 9.59 Å². The summed E-state index contributed by atoms with van der Waals surface area (Å²) in [7, 11) is 0. The van der Waals surface area contributed by atoms with Crippen LogP contribution in [0.5, 0.6) is 0 Å². The molecule has 5 nitrogen and oxygen atoms in total. The number of aromatic nitrogens is 1. The van der Waals surface area contributed by atoms with Gasteiger partial charge < -0.3 is 15.4 Å². The molecule has 3 N–H and O–H groups in total. The zero-order valence-electron chi connectivity index (χ0n) is 8.06. The molecule has 0 radical (unpaired) electrons. The van der Waals surface area contributed by atoms with Crippen LogP contribution in [-0.4, -0.2) is 22.0 Å². The Morgan fingerprint density at radius 2 is 1.94 bits per heavy atom. The standard InChI is InChI=1S/C10H8N2O3.ClH/c13-9(10(14)15)12-8-5-11-7-4-2-1-3-6(7)8;/h1-5,11H,(H,12,13)(H,14,15);1H. The predicted molar refractivity (Wildman–Crippen MR) is 61.8 cm³/mol. The lowest BCUT2D eigenvalue weighted by molar-refractivity contribution is -0.147. The van der Waals surface area contributed by atoms with Crippen LogP contribution in [0.15, 0.2) is 30.5 Å². The molecule has 0 aliphatic rings. The van der Waals surface area contributed by atoms with Crippen molar-refractivity contribution in [3.8, 4) is 0 Å². The molecule has 0 saturated heterocycles. The van der Waals surface area contributed by atoms with Crippen molar-refractivity contribution in [1.29, 1.82) is 0 Å². The molecule has 0 aliphatic heterocycles. The van der Waals surface area contributed by atoms with Gasteiger partial charge in [0.1, 0.15) is 0 Å². The Hall–Kier alpha value is -2.01. The number of aromatic amines is 1. The number of halogens is 1. The number of carbonyl (C=O) groups excluding carboxylic acids is 1. The smallest absolute Gasteiger partial charge is 0.394 e. The number of fused-ring (bicyclic) bond motifs is 1. The molecule has 0 saturated carbocycles. The summed E-state index contributed by atoms with van der Waals surface area (Å²) in [5.74, 6) is -2.54. The highest BCUT2D eigenvalue weighted by molar-refractivity contribution is 6.37. The van der Waals surface area contributed by atoms with Gasteiger partial charge in [-0.2, -0.15) is 0 Å². The van der Waals surface area contributed by atoms with E-state index < -0.39 is 11.9 Å². The number of carboxylic acids is 1. The summed E-state index contributed by atoms with van der Waals surface area (Å²) in [4.78, 5) is 24.2. The number of rotatable bonds is 1. The molecule has 1 aromatic heterocycles. The Balaban J connectivity index is 0.00000128. The third-order valence-electron chi connectivity index (χ3n) is 2.03. The quantitative estimate of drug-likeness (QED) is 0.663. The van der Waals surface area contributed by atoms with Gasteiger partial charge >= 0.3 is 11.9 Å². The molecule has 6 heteroatoms. The average molecular weight is 241 g/mol. The molecule has 0 spiro atoms. The highest BCUT2D eigenvalue weighted by Gasteiger charge is 2.13. The Bertz CT molecular complexity index is 536. The molecule has 2 aromatic rings. The SMILES string of the molecule is Cl.O=C(O)C(=O)Nc1c[nH]c2ccccc12. The van der Waals surface area contributed by atoms with Gasteiger partial charge in [0.25, 0.3) is 0 Å². The van der Waals surface area contributed by atoms with Crippen molar-refractivity contribution in [2.45, 2.75) is 0 Å². The maximum Gasteiger partial charge on any atom is 0.394 e. The molecular formula is C10H9ClN2O3. The van der Waals surface area contributed by atoms with Crippen molar-refractivity contribution < 1.29 is 14.7 Å². The van der Waals surface area contributed by atoms with Gasteiger partial charge in [0, 0.05) is 17.1 Å². The Kier molecular flexibility index (Phi) is 3.52. The second-order valence-electron chi connectivity index (χ2n) is 3.01. The molecule has 0 atom stereocenters. The van der Waals surface area contributed by atoms with E-state index in [1.165, 1.54) is 0 Å². The number of carboxylic acid groups (broad SMARTS) is 1. The number of hydrogen-bond donors (Lipinski definition) is 3. The monoisotopic (exact) mass is 240 g/mol. The predicted octanol–water partition coefficient (Wildman–Crippen LogP) is 1.61. The van der Waals surface area contributed by atoms with Crippen LogP contribution in [0.2, 0.25) is 0 Å². The molecule has 0 unspecified atom stereocenters. The number of para-hydroxylation sites is 1. The molecule has 1 aromatic carbocycles. The fourth-order valence-corrected chi connectivity index (χ4v) is 1.35.